The molecule has 0 N–H and O–H groups in total. The molecule has 2 rings (SSSR count). The van der Waals surface area contributed by atoms with Crippen LogP contribution in [0.1, 0.15) is 0 Å². The molecule has 1 aromatic heterocycles. The van der Waals surface area contributed by atoms with E-state index in [-0.39, 0.29) is 0 Å². The fourth-order valence-corrected chi connectivity index (χ4v) is 0.986. The quantitative estimate of drug-likeness (QED) is 0.520. The standard InChI is InChI=1S/C8H5FN/c9-10-6-5-7-3-1-2-4-8(7)10/h1,3-6H. The Hall–Kier alpha value is -1.31. The third-order valence-corrected chi connectivity index (χ3v) is 1.49. The van der Waals surface area contributed by atoms with Gasteiger partial charge in [0, 0.05) is 11.6 Å². The highest BCUT2D eigenvalue weighted by Crippen LogP contribution is 2.13. The van der Waals surface area contributed by atoms with Crippen LogP contribution in [0.2, 0.25) is 0 Å². The average Bonchev–Trinajstić information content (AvgIpc) is 2.34. The van der Waals surface area contributed by atoms with Gasteiger partial charge in [-0.05, 0) is 18.2 Å². The van der Waals surface area contributed by atoms with Crippen LogP contribution in [0.3, 0.4) is 0 Å². The van der Waals surface area contributed by atoms with Gasteiger partial charge >= 0.3 is 0 Å². The number of benzene rings is 1. The molecule has 10 heavy (non-hydrogen) atoms. The summed E-state index contributed by atoms with van der Waals surface area (Å²) < 4.78 is 12.6. The van der Waals surface area contributed by atoms with Crippen molar-refractivity contribution in [2.45, 2.75) is 0 Å². The second kappa shape index (κ2) is 1.84. The average molecular weight is 134 g/mol. The number of halogens is 1. The van der Waals surface area contributed by atoms with E-state index in [1.54, 1.807) is 18.2 Å². The van der Waals surface area contributed by atoms with E-state index in [4.69, 9.17) is 0 Å². The highest BCUT2D eigenvalue weighted by molar-refractivity contribution is 5.79. The lowest BCUT2D eigenvalue weighted by atomic mass is 10.3. The summed E-state index contributed by atoms with van der Waals surface area (Å²) in [5.74, 6) is 0. The first-order valence-electron chi connectivity index (χ1n) is 3.01. The summed E-state index contributed by atoms with van der Waals surface area (Å²) >= 11 is 0. The van der Waals surface area contributed by atoms with Gasteiger partial charge in [-0.15, -0.1) is 0 Å². The Balaban J connectivity index is 2.93. The number of aromatic nitrogens is 1. The Kier molecular flexibility index (Phi) is 1.01. The summed E-state index contributed by atoms with van der Waals surface area (Å²) in [5.41, 5.74) is 0.572. The highest BCUT2D eigenvalue weighted by atomic mass is 19.2. The summed E-state index contributed by atoms with van der Waals surface area (Å²) in [7, 11) is 0. The topological polar surface area (TPSA) is 4.93 Å². The molecule has 1 nitrogen and oxygen atoms in total. The number of fused-ring (bicyclic) bond motifs is 1. The van der Waals surface area contributed by atoms with Crippen LogP contribution in [-0.2, 0) is 0 Å². The van der Waals surface area contributed by atoms with E-state index in [2.05, 4.69) is 6.07 Å². The Bertz CT molecular complexity index is 351. The van der Waals surface area contributed by atoms with Crippen molar-refractivity contribution < 1.29 is 4.48 Å². The molecule has 0 unspecified atom stereocenters. The van der Waals surface area contributed by atoms with E-state index in [0.29, 0.717) is 10.3 Å². The molecule has 0 atom stereocenters. The Labute approximate surface area is 57.6 Å². The first-order chi connectivity index (χ1) is 4.88. The molecule has 2 heteroatoms. The van der Waals surface area contributed by atoms with Gasteiger partial charge < -0.3 is 0 Å². The zero-order chi connectivity index (χ0) is 6.97. The first kappa shape index (κ1) is 5.47. The molecule has 1 heterocycles. The molecule has 1 radical (unpaired) electrons. The predicted octanol–water partition coefficient (Wildman–Crippen LogP) is 2.17. The lowest BCUT2D eigenvalue weighted by Crippen LogP contribution is -1.75. The third-order valence-electron chi connectivity index (χ3n) is 1.49. The molecule has 0 saturated carbocycles. The van der Waals surface area contributed by atoms with E-state index in [1.807, 2.05) is 6.07 Å². The van der Waals surface area contributed by atoms with Crippen molar-refractivity contribution in [2.75, 3.05) is 0 Å². The smallest absolute Gasteiger partial charge is 0.0818 e. The van der Waals surface area contributed by atoms with Crippen LogP contribution in [0.25, 0.3) is 10.9 Å². The molecular formula is C8H5FN. The van der Waals surface area contributed by atoms with Gasteiger partial charge in [0.2, 0.25) is 0 Å². The minimum atomic E-state index is 0.572. The molecule has 2 aromatic rings. The van der Waals surface area contributed by atoms with E-state index in [1.165, 1.54) is 6.20 Å². The second-order valence-corrected chi connectivity index (χ2v) is 2.11. The number of hydrogen-bond donors (Lipinski definition) is 0. The van der Waals surface area contributed by atoms with Crippen LogP contribution in [0, 0.1) is 6.07 Å². The molecule has 0 amide bonds. The summed E-state index contributed by atoms with van der Waals surface area (Å²) in [5, 5.41) is 0.904. The van der Waals surface area contributed by atoms with Crippen LogP contribution in [-0.4, -0.2) is 4.79 Å². The zero-order valence-electron chi connectivity index (χ0n) is 5.21. The fraction of sp³-hybridized carbons (Fsp3) is 0. The second-order valence-electron chi connectivity index (χ2n) is 2.11. The van der Waals surface area contributed by atoms with E-state index >= 15 is 0 Å². The summed E-state index contributed by atoms with van der Waals surface area (Å²) in [6.45, 7) is 0. The van der Waals surface area contributed by atoms with Crippen LogP contribution in [0.5, 0.6) is 0 Å². The van der Waals surface area contributed by atoms with Crippen LogP contribution >= 0.6 is 0 Å². The minimum absolute atomic E-state index is 0.572. The van der Waals surface area contributed by atoms with Crippen molar-refractivity contribution in [1.82, 2.24) is 4.79 Å². The SMILES string of the molecule is Fn1ccc2cc[c]cc21. The Morgan fingerprint density at radius 2 is 2.30 bits per heavy atom. The normalized spacial score (nSPS) is 10.5. The van der Waals surface area contributed by atoms with Gasteiger partial charge in [0.05, 0.1) is 5.52 Å². The molecule has 0 aliphatic carbocycles. The molecule has 0 spiro atoms. The van der Waals surface area contributed by atoms with Gasteiger partial charge in [-0.1, -0.05) is 16.6 Å². The number of rotatable bonds is 0. The molecule has 49 valence electrons. The van der Waals surface area contributed by atoms with Gasteiger partial charge in [0.25, 0.3) is 0 Å². The molecule has 0 saturated heterocycles. The van der Waals surface area contributed by atoms with E-state index in [9.17, 15) is 4.48 Å². The zero-order valence-corrected chi connectivity index (χ0v) is 5.21. The number of hydrogen-bond acceptors (Lipinski definition) is 0. The van der Waals surface area contributed by atoms with Crippen molar-refractivity contribution in [3.05, 3.63) is 36.5 Å². The lowest BCUT2D eigenvalue weighted by molar-refractivity contribution is 0.388. The Morgan fingerprint density at radius 3 is 3.10 bits per heavy atom. The lowest BCUT2D eigenvalue weighted by Gasteiger charge is -1.87. The maximum absolute atomic E-state index is 12.6. The molecule has 0 fully saturated rings. The largest absolute Gasteiger partial charge is 0.186 e. The van der Waals surface area contributed by atoms with Gasteiger partial charge in [-0.2, -0.15) is 4.79 Å². The molecule has 1 aromatic carbocycles. The monoisotopic (exact) mass is 134 g/mol. The van der Waals surface area contributed by atoms with Gasteiger partial charge in [-0.3, -0.25) is 0 Å². The molecule has 0 aliphatic rings. The van der Waals surface area contributed by atoms with Crippen molar-refractivity contribution in [2.24, 2.45) is 0 Å². The van der Waals surface area contributed by atoms with Crippen LogP contribution in [0.15, 0.2) is 30.5 Å². The Morgan fingerprint density at radius 1 is 1.40 bits per heavy atom. The van der Waals surface area contributed by atoms with Gasteiger partial charge in [-0.25, -0.2) is 0 Å². The maximum atomic E-state index is 12.6. The molecular weight excluding hydrogens is 129 g/mol. The number of nitrogens with zero attached hydrogens (tertiary/aromatic N) is 1. The summed E-state index contributed by atoms with van der Waals surface area (Å²) in [6, 6.07) is 9.74. The summed E-state index contributed by atoms with van der Waals surface area (Å²) in [4.78, 5) is 0.589. The van der Waals surface area contributed by atoms with Crippen LogP contribution < -0.4 is 0 Å². The van der Waals surface area contributed by atoms with Gasteiger partial charge in [0.1, 0.15) is 0 Å². The first-order valence-corrected chi connectivity index (χ1v) is 3.01. The van der Waals surface area contributed by atoms with Crippen molar-refractivity contribution in [3.63, 3.8) is 0 Å². The molecule has 0 aliphatic heterocycles. The maximum Gasteiger partial charge on any atom is 0.0818 e. The van der Waals surface area contributed by atoms with Crippen molar-refractivity contribution >= 4 is 10.9 Å². The fourth-order valence-electron chi connectivity index (χ4n) is 0.986. The third kappa shape index (κ3) is 0.620. The highest BCUT2D eigenvalue weighted by Gasteiger charge is 1.95. The van der Waals surface area contributed by atoms with Crippen molar-refractivity contribution in [3.8, 4) is 0 Å². The predicted molar refractivity (Wildman–Crippen MR) is 37.3 cm³/mol. The summed E-state index contributed by atoms with van der Waals surface area (Å²) in [6.07, 6.45) is 1.39. The molecule has 0 bridgehead atoms. The van der Waals surface area contributed by atoms with E-state index in [0.717, 1.165) is 5.39 Å². The van der Waals surface area contributed by atoms with Crippen molar-refractivity contribution in [1.29, 1.82) is 0 Å². The van der Waals surface area contributed by atoms with E-state index < -0.39 is 0 Å². The van der Waals surface area contributed by atoms with Gasteiger partial charge in [0.15, 0.2) is 0 Å². The van der Waals surface area contributed by atoms with Crippen LogP contribution in [0.4, 0.5) is 4.48 Å². The minimum Gasteiger partial charge on any atom is -0.186 e.